The van der Waals surface area contributed by atoms with Crippen LogP contribution in [0.4, 0.5) is 0 Å². The van der Waals surface area contributed by atoms with Gasteiger partial charge in [-0.05, 0) is 11.1 Å². The molecule has 1 N–H and O–H groups in total. The van der Waals surface area contributed by atoms with Gasteiger partial charge >= 0.3 is 11.9 Å². The summed E-state index contributed by atoms with van der Waals surface area (Å²) >= 11 is 0. The molecule has 0 bridgehead atoms. The number of methoxy groups -OCH3 is 1. The molecule has 2 aromatic carbocycles. The van der Waals surface area contributed by atoms with Crippen LogP contribution in [-0.2, 0) is 14.3 Å². The van der Waals surface area contributed by atoms with Crippen LogP contribution in [0.1, 0.15) is 23.0 Å². The molecular weight excluding hydrogens is 292 g/mol. The van der Waals surface area contributed by atoms with Gasteiger partial charge in [0.1, 0.15) is 0 Å². The summed E-state index contributed by atoms with van der Waals surface area (Å²) in [6.45, 7) is 0. The molecule has 118 valence electrons. The lowest BCUT2D eigenvalue weighted by Crippen LogP contribution is -2.51. The Balaban J connectivity index is 2.05. The highest BCUT2D eigenvalue weighted by Gasteiger charge is 2.58. The van der Waals surface area contributed by atoms with Gasteiger partial charge in [0, 0.05) is 11.8 Å². The van der Waals surface area contributed by atoms with E-state index >= 15 is 0 Å². The number of carbonyl (C=O) groups excluding carboxylic acids is 1. The molecule has 0 heterocycles. The fourth-order valence-electron chi connectivity index (χ4n) is 3.66. The van der Waals surface area contributed by atoms with Crippen molar-refractivity contribution in [1.29, 1.82) is 0 Å². The molecule has 4 nitrogen and oxygen atoms in total. The maximum Gasteiger partial charge on any atom is 0.309 e. The highest BCUT2D eigenvalue weighted by molar-refractivity contribution is 5.84. The van der Waals surface area contributed by atoms with Crippen molar-refractivity contribution in [3.8, 4) is 0 Å². The van der Waals surface area contributed by atoms with Gasteiger partial charge in [0.15, 0.2) is 0 Å². The molecule has 2 atom stereocenters. The number of esters is 1. The van der Waals surface area contributed by atoms with Crippen molar-refractivity contribution in [2.24, 2.45) is 11.8 Å². The number of carboxylic acids is 1. The molecule has 0 aromatic heterocycles. The first-order valence-corrected chi connectivity index (χ1v) is 7.55. The molecule has 23 heavy (non-hydrogen) atoms. The number of carbonyl (C=O) groups is 2. The number of rotatable bonds is 4. The maximum atomic E-state index is 12.3. The van der Waals surface area contributed by atoms with Crippen molar-refractivity contribution >= 4 is 11.9 Å². The largest absolute Gasteiger partial charge is 0.481 e. The second-order valence-electron chi connectivity index (χ2n) is 5.79. The van der Waals surface area contributed by atoms with E-state index in [-0.39, 0.29) is 17.8 Å². The standard InChI is InChI=1S/C19H18O4/c1-23-19(22)17-14(12-8-4-2-5-9-12)16(18(20)21)15(17)13-10-6-3-7-11-13/h2-11,14-17H,1H3,(H,20,21)/t14-,15-,16-,17+/m0/s1. The van der Waals surface area contributed by atoms with E-state index in [1.54, 1.807) is 0 Å². The summed E-state index contributed by atoms with van der Waals surface area (Å²) in [6, 6.07) is 18.7. The Bertz CT molecular complexity index is 648. The quantitative estimate of drug-likeness (QED) is 0.882. The van der Waals surface area contributed by atoms with E-state index in [9.17, 15) is 14.7 Å². The molecule has 1 aliphatic rings. The van der Waals surface area contributed by atoms with Gasteiger partial charge in [0.25, 0.3) is 0 Å². The summed E-state index contributed by atoms with van der Waals surface area (Å²) in [7, 11) is 1.35. The fraction of sp³-hybridized carbons (Fsp3) is 0.263. The Morgan fingerprint density at radius 3 is 1.61 bits per heavy atom. The van der Waals surface area contributed by atoms with E-state index < -0.39 is 17.8 Å². The highest BCUT2D eigenvalue weighted by Crippen LogP contribution is 2.57. The number of ether oxygens (including phenoxy) is 1. The average molecular weight is 310 g/mol. The minimum atomic E-state index is -0.882. The van der Waals surface area contributed by atoms with Crippen molar-refractivity contribution in [1.82, 2.24) is 0 Å². The summed E-state index contributed by atoms with van der Waals surface area (Å²) in [5.74, 6) is -3.09. The third-order valence-electron chi connectivity index (χ3n) is 4.68. The molecule has 0 spiro atoms. The van der Waals surface area contributed by atoms with Crippen LogP contribution < -0.4 is 0 Å². The molecule has 4 heteroatoms. The zero-order valence-electron chi connectivity index (χ0n) is 12.8. The van der Waals surface area contributed by atoms with Crippen LogP contribution in [-0.4, -0.2) is 24.2 Å². The molecular formula is C19H18O4. The lowest BCUT2D eigenvalue weighted by atomic mass is 9.52. The van der Waals surface area contributed by atoms with Gasteiger partial charge in [-0.1, -0.05) is 60.7 Å². The molecule has 1 aliphatic carbocycles. The first-order chi connectivity index (χ1) is 11.1. The third-order valence-corrected chi connectivity index (χ3v) is 4.68. The van der Waals surface area contributed by atoms with Crippen LogP contribution in [0.15, 0.2) is 60.7 Å². The molecule has 1 saturated carbocycles. The zero-order chi connectivity index (χ0) is 16.4. The molecule has 0 unspecified atom stereocenters. The topological polar surface area (TPSA) is 63.6 Å². The van der Waals surface area contributed by atoms with E-state index in [1.807, 2.05) is 60.7 Å². The van der Waals surface area contributed by atoms with Gasteiger partial charge in [-0.3, -0.25) is 9.59 Å². The van der Waals surface area contributed by atoms with Crippen molar-refractivity contribution in [2.45, 2.75) is 11.8 Å². The smallest absolute Gasteiger partial charge is 0.309 e. The molecule has 0 radical (unpaired) electrons. The average Bonchev–Trinajstić information content (AvgIpc) is 2.55. The van der Waals surface area contributed by atoms with Gasteiger partial charge in [-0.25, -0.2) is 0 Å². The van der Waals surface area contributed by atoms with E-state index in [1.165, 1.54) is 7.11 Å². The van der Waals surface area contributed by atoms with E-state index in [2.05, 4.69) is 0 Å². The van der Waals surface area contributed by atoms with Gasteiger partial charge in [-0.15, -0.1) is 0 Å². The Kier molecular flexibility index (Phi) is 4.15. The summed E-state index contributed by atoms with van der Waals surface area (Å²) < 4.78 is 4.95. The lowest BCUT2D eigenvalue weighted by Gasteiger charge is -2.48. The second kappa shape index (κ2) is 6.24. The Labute approximate surface area is 134 Å². The summed E-state index contributed by atoms with van der Waals surface area (Å²) in [6.07, 6.45) is 0. The van der Waals surface area contributed by atoms with Crippen LogP contribution in [0, 0.1) is 11.8 Å². The van der Waals surface area contributed by atoms with E-state index in [0.29, 0.717) is 0 Å². The number of hydrogen-bond donors (Lipinski definition) is 1. The van der Waals surface area contributed by atoms with E-state index in [0.717, 1.165) is 11.1 Å². The maximum absolute atomic E-state index is 12.3. The number of hydrogen-bond acceptors (Lipinski definition) is 3. The highest BCUT2D eigenvalue weighted by atomic mass is 16.5. The van der Waals surface area contributed by atoms with Gasteiger partial charge in [-0.2, -0.15) is 0 Å². The Morgan fingerprint density at radius 1 is 0.826 bits per heavy atom. The second-order valence-corrected chi connectivity index (χ2v) is 5.79. The number of aliphatic carboxylic acids is 1. The Morgan fingerprint density at radius 2 is 1.26 bits per heavy atom. The van der Waals surface area contributed by atoms with Crippen LogP contribution in [0.5, 0.6) is 0 Å². The van der Waals surface area contributed by atoms with Crippen molar-refractivity contribution < 1.29 is 19.4 Å². The van der Waals surface area contributed by atoms with Gasteiger partial charge < -0.3 is 9.84 Å². The normalized spacial score (nSPS) is 26.1. The zero-order valence-corrected chi connectivity index (χ0v) is 12.8. The molecule has 1 fully saturated rings. The van der Waals surface area contributed by atoms with E-state index in [4.69, 9.17) is 4.74 Å². The lowest BCUT2D eigenvalue weighted by molar-refractivity contribution is -0.162. The predicted molar refractivity (Wildman–Crippen MR) is 85.0 cm³/mol. The molecule has 2 aromatic rings. The van der Waals surface area contributed by atoms with Crippen LogP contribution >= 0.6 is 0 Å². The summed E-state index contributed by atoms with van der Waals surface area (Å²) in [5.41, 5.74) is 1.73. The molecule has 0 amide bonds. The third kappa shape index (κ3) is 2.61. The minimum absolute atomic E-state index is 0.356. The summed E-state index contributed by atoms with van der Waals surface area (Å²) in [5, 5.41) is 9.72. The van der Waals surface area contributed by atoms with Crippen molar-refractivity contribution in [3.63, 3.8) is 0 Å². The number of carboxylic acid groups (broad SMARTS) is 1. The monoisotopic (exact) mass is 310 g/mol. The molecule has 0 aliphatic heterocycles. The predicted octanol–water partition coefficient (Wildman–Crippen LogP) is 3.06. The van der Waals surface area contributed by atoms with Crippen molar-refractivity contribution in [2.75, 3.05) is 7.11 Å². The Hall–Kier alpha value is -2.62. The van der Waals surface area contributed by atoms with Crippen LogP contribution in [0.25, 0.3) is 0 Å². The number of benzene rings is 2. The minimum Gasteiger partial charge on any atom is -0.481 e. The first-order valence-electron chi connectivity index (χ1n) is 7.55. The fourth-order valence-corrected chi connectivity index (χ4v) is 3.66. The SMILES string of the molecule is COC(=O)[C@H]1[C@@H](c2ccccc2)[C@@H](C(=O)O)[C@@H]1c1ccccc1. The van der Waals surface area contributed by atoms with Gasteiger partial charge in [0.05, 0.1) is 18.9 Å². The van der Waals surface area contributed by atoms with Crippen LogP contribution in [0.3, 0.4) is 0 Å². The first kappa shape index (κ1) is 15.3. The van der Waals surface area contributed by atoms with Gasteiger partial charge in [0.2, 0.25) is 0 Å². The molecule has 3 rings (SSSR count). The summed E-state index contributed by atoms with van der Waals surface area (Å²) in [4.78, 5) is 24.2. The van der Waals surface area contributed by atoms with Crippen molar-refractivity contribution in [3.05, 3.63) is 71.8 Å². The molecule has 0 saturated heterocycles. The van der Waals surface area contributed by atoms with Crippen LogP contribution in [0.2, 0.25) is 0 Å².